The maximum absolute atomic E-state index is 3.78. The molecule has 108 heavy (non-hydrogen) atoms. The SMILES string of the molecule is CC.CC.CC.CC.CC.CC.CC.CC.CC.CC.CC.CC.CC.c1ccc2ccccc2c1.c1ccccc1.c1ccncc1.c1ccncc1.c1ccncc1.c1ccnnc1.c1cnccn1.c1cnccn1.c1cncnc1.c1cncnc1.c1cnncn1.c1cnncn1.c1ncncn1. The van der Waals surface area contributed by atoms with Crippen molar-refractivity contribution in [1.82, 2.24) is 110 Å². The van der Waals surface area contributed by atoms with Crippen LogP contribution in [0.15, 0.2) is 357 Å². The number of nitrogens with zero attached hydrogens (tertiary/aromatic N) is 22. The summed E-state index contributed by atoms with van der Waals surface area (Å²) in [6.45, 7) is 52.0. The Hall–Kier alpha value is -12.2. The minimum absolute atomic E-state index is 1.31. The Kier molecular flexibility index (Phi) is 174. The number of benzene rings is 3. The van der Waals surface area contributed by atoms with E-state index in [0.717, 1.165) is 0 Å². The van der Waals surface area contributed by atoms with E-state index in [4.69, 9.17) is 0 Å². The molecule has 0 saturated heterocycles. The Morgan fingerprint density at radius 1 is 0.111 bits per heavy atom. The van der Waals surface area contributed by atoms with Crippen molar-refractivity contribution in [2.45, 2.75) is 180 Å². The Balaban J connectivity index is -0.0000000903. The van der Waals surface area contributed by atoms with Crippen molar-refractivity contribution in [2.75, 3.05) is 0 Å². The summed E-state index contributed by atoms with van der Waals surface area (Å²) in [5, 5.41) is 23.5. The molecule has 22 heteroatoms. The van der Waals surface area contributed by atoms with E-state index in [1.165, 1.54) is 67.5 Å². The molecule has 0 saturated carbocycles. The molecule has 11 heterocycles. The average Bonchev–Trinajstić information content (AvgIpc) is 0.875. The van der Waals surface area contributed by atoms with E-state index >= 15 is 0 Å². The van der Waals surface area contributed by atoms with Gasteiger partial charge in [-0.1, -0.05) is 283 Å². The molecule has 0 radical (unpaired) electrons. The first-order valence-electron chi connectivity index (χ1n) is 37.1. The zero-order chi connectivity index (χ0) is 83.7. The van der Waals surface area contributed by atoms with Gasteiger partial charge in [-0.25, -0.2) is 44.9 Å². The molecule has 0 bridgehead atoms. The maximum Gasteiger partial charge on any atom is 0.138 e. The summed E-state index contributed by atoms with van der Waals surface area (Å²) in [7, 11) is 0. The zero-order valence-electron chi connectivity index (χ0n) is 70.3. The average molecular weight is 1480 g/mol. The number of rotatable bonds is 0. The van der Waals surface area contributed by atoms with Gasteiger partial charge < -0.3 is 0 Å². The Morgan fingerprint density at radius 3 is 0.361 bits per heavy atom. The van der Waals surface area contributed by atoms with Gasteiger partial charge in [-0.2, -0.15) is 20.4 Å². The molecule has 22 nitrogen and oxygen atoms in total. The van der Waals surface area contributed by atoms with Gasteiger partial charge in [-0.15, -0.1) is 10.2 Å². The second-order valence-corrected chi connectivity index (χ2v) is 13.5. The predicted octanol–water partition coefficient (Wildman–Crippen LogP) is 23.1. The van der Waals surface area contributed by atoms with Crippen molar-refractivity contribution in [1.29, 1.82) is 0 Å². The highest BCUT2D eigenvalue weighted by atomic mass is 15.1. The molecular weight excluding hydrogens is 1340 g/mol. The van der Waals surface area contributed by atoms with Crippen molar-refractivity contribution in [3.05, 3.63) is 357 Å². The van der Waals surface area contributed by atoms with Gasteiger partial charge in [-0.05, 0) is 71.4 Å². The molecule has 0 unspecified atom stereocenters. The van der Waals surface area contributed by atoms with Gasteiger partial charge in [0.2, 0.25) is 0 Å². The molecule has 0 aliphatic rings. The summed E-state index contributed by atoms with van der Waals surface area (Å²) in [4.78, 5) is 58.8. The molecule has 0 amide bonds. The van der Waals surface area contributed by atoms with Gasteiger partial charge in [0.15, 0.2) is 0 Å². The minimum atomic E-state index is 1.31. The fourth-order valence-corrected chi connectivity index (χ4v) is 4.34. The van der Waals surface area contributed by atoms with Crippen LogP contribution in [0.2, 0.25) is 0 Å². The fraction of sp³-hybridized carbons (Fsp3) is 0.302. The van der Waals surface area contributed by atoms with Crippen molar-refractivity contribution in [3.8, 4) is 0 Å². The van der Waals surface area contributed by atoms with E-state index in [2.05, 4.69) is 159 Å². The first kappa shape index (κ1) is 123. The summed E-state index contributed by atoms with van der Waals surface area (Å²) >= 11 is 0. The largest absolute Gasteiger partial charge is 0.265 e. The standard InChI is InChI=1S/C10H8.C6H6.3C5H5N.5C4H4N2.3C3H3N3.13C2H6/c1-2-6-10-8-4-3-7-9(10)5-1;4*1-2-4-6-5-3-1;2*1-2-6-4-3-5-1;2*1-2-5-4-6-3-1;1-2-4-6-5-3-1;1-4-2-6-3-5-1;2*1-2-5-6-3-4-1;13*1-2/h1-8H;1-6H;3*1-5H;5*1-4H;3*1-3H;13*1-2H3. The molecule has 11 aromatic heterocycles. The Bertz CT molecular complexity index is 2170. The van der Waals surface area contributed by atoms with Crippen LogP contribution >= 0.6 is 0 Å². The van der Waals surface area contributed by atoms with Gasteiger partial charge in [0.05, 0.1) is 12.4 Å². The second-order valence-electron chi connectivity index (χ2n) is 13.5. The maximum atomic E-state index is 3.78. The lowest BCUT2D eigenvalue weighted by Crippen LogP contribution is -1.75. The molecule has 0 spiro atoms. The van der Waals surface area contributed by atoms with Gasteiger partial charge in [-0.3, -0.25) is 34.9 Å². The second kappa shape index (κ2) is 153. The molecule has 3 aromatic carbocycles. The third-order valence-corrected chi connectivity index (χ3v) is 7.63. The van der Waals surface area contributed by atoms with Crippen molar-refractivity contribution in [3.63, 3.8) is 0 Å². The highest BCUT2D eigenvalue weighted by Crippen LogP contribution is 2.11. The number of hydrogen-bond acceptors (Lipinski definition) is 22. The van der Waals surface area contributed by atoms with E-state index in [0.29, 0.717) is 0 Å². The van der Waals surface area contributed by atoms with E-state index in [-0.39, 0.29) is 0 Å². The predicted molar refractivity (Wildman–Crippen MR) is 460 cm³/mol. The Labute approximate surface area is 654 Å². The highest BCUT2D eigenvalue weighted by molar-refractivity contribution is 5.82. The number of hydrogen-bond donors (Lipinski definition) is 0. The van der Waals surface area contributed by atoms with Crippen molar-refractivity contribution in [2.24, 2.45) is 0 Å². The molecular formula is C86H136N22. The lowest BCUT2D eigenvalue weighted by atomic mass is 10.1. The third kappa shape index (κ3) is 133. The first-order chi connectivity index (χ1) is 54.0. The number of aromatic nitrogens is 22. The summed E-state index contributed by atoms with van der Waals surface area (Å²) in [6.07, 6.45) is 49.9. The highest BCUT2D eigenvalue weighted by Gasteiger charge is 1.85. The van der Waals surface area contributed by atoms with E-state index in [1.807, 2.05) is 283 Å². The van der Waals surface area contributed by atoms with Crippen LogP contribution in [0.25, 0.3) is 10.8 Å². The molecule has 0 aliphatic heterocycles. The number of pyridine rings is 3. The van der Waals surface area contributed by atoms with Crippen LogP contribution in [0, 0.1) is 0 Å². The fourth-order valence-electron chi connectivity index (χ4n) is 4.34. The van der Waals surface area contributed by atoms with Crippen LogP contribution < -0.4 is 0 Å². The summed E-state index contributed by atoms with van der Waals surface area (Å²) < 4.78 is 0. The van der Waals surface area contributed by atoms with Crippen molar-refractivity contribution < 1.29 is 0 Å². The van der Waals surface area contributed by atoms with Crippen LogP contribution in [0.4, 0.5) is 0 Å². The molecule has 0 atom stereocenters. The minimum Gasteiger partial charge on any atom is -0.265 e. The van der Waals surface area contributed by atoms with Crippen LogP contribution in [0.5, 0.6) is 0 Å². The van der Waals surface area contributed by atoms with Crippen LogP contribution in [-0.2, 0) is 0 Å². The summed E-state index contributed by atoms with van der Waals surface area (Å²) in [6, 6.07) is 53.1. The van der Waals surface area contributed by atoms with Crippen LogP contribution in [0.1, 0.15) is 180 Å². The topological polar surface area (TPSA) is 284 Å². The van der Waals surface area contributed by atoms with Crippen LogP contribution in [-0.4, -0.2) is 110 Å². The molecule has 0 fully saturated rings. The quantitative estimate of drug-likeness (QED) is 0.136. The van der Waals surface area contributed by atoms with E-state index in [1.54, 1.807) is 148 Å². The summed E-state index contributed by atoms with van der Waals surface area (Å²) in [5.41, 5.74) is 0. The normalized spacial score (nSPS) is 6.98. The van der Waals surface area contributed by atoms with Gasteiger partial charge in [0.1, 0.15) is 44.3 Å². The molecule has 14 aromatic rings. The molecule has 14 rings (SSSR count). The Morgan fingerprint density at radius 2 is 0.269 bits per heavy atom. The lowest BCUT2D eigenvalue weighted by molar-refractivity contribution is 0.969. The molecule has 590 valence electrons. The van der Waals surface area contributed by atoms with E-state index in [9.17, 15) is 0 Å². The van der Waals surface area contributed by atoms with Gasteiger partial charge in [0.25, 0.3) is 0 Å². The summed E-state index contributed by atoms with van der Waals surface area (Å²) in [5.74, 6) is 0. The third-order valence-electron chi connectivity index (χ3n) is 7.63. The monoisotopic (exact) mass is 1480 g/mol. The van der Waals surface area contributed by atoms with Gasteiger partial charge in [0, 0.05) is 136 Å². The smallest absolute Gasteiger partial charge is 0.138 e. The zero-order valence-corrected chi connectivity index (χ0v) is 70.3. The van der Waals surface area contributed by atoms with Crippen molar-refractivity contribution >= 4 is 10.8 Å². The number of fused-ring (bicyclic) bond motifs is 1. The van der Waals surface area contributed by atoms with Gasteiger partial charge >= 0.3 is 0 Å². The molecule has 0 N–H and O–H groups in total. The first-order valence-corrected chi connectivity index (χ1v) is 37.1. The lowest BCUT2D eigenvalue weighted by Gasteiger charge is -1.92. The molecule has 0 aliphatic carbocycles. The van der Waals surface area contributed by atoms with Crippen LogP contribution in [0.3, 0.4) is 0 Å². The van der Waals surface area contributed by atoms with E-state index < -0.39 is 0 Å².